The van der Waals surface area contributed by atoms with Gasteiger partial charge in [-0.1, -0.05) is 42.5 Å². The van der Waals surface area contributed by atoms with Gasteiger partial charge in [-0.05, 0) is 53.6 Å². The lowest BCUT2D eigenvalue weighted by atomic mass is 9.96. The molecule has 1 aliphatic carbocycles. The molecule has 1 atom stereocenters. The van der Waals surface area contributed by atoms with E-state index in [1.165, 1.54) is 27.8 Å². The Balaban J connectivity index is 1.51. The number of amides is 1. The molecule has 0 aromatic heterocycles. The van der Waals surface area contributed by atoms with Crippen molar-refractivity contribution in [2.24, 2.45) is 11.7 Å². The fourth-order valence-corrected chi connectivity index (χ4v) is 3.99. The molecular weight excluding hydrogens is 284 g/mol. The van der Waals surface area contributed by atoms with Gasteiger partial charge in [-0.25, -0.2) is 0 Å². The first-order valence-corrected chi connectivity index (χ1v) is 8.42. The maximum absolute atomic E-state index is 11.4. The maximum Gasteiger partial charge on any atom is 0.221 e. The van der Waals surface area contributed by atoms with E-state index in [4.69, 9.17) is 5.73 Å². The average Bonchev–Trinajstić information content (AvgIpc) is 2.92. The van der Waals surface area contributed by atoms with Crippen LogP contribution in [-0.4, -0.2) is 23.9 Å². The highest BCUT2D eigenvalue weighted by Gasteiger charge is 2.24. The van der Waals surface area contributed by atoms with Crippen molar-refractivity contribution in [3.05, 3.63) is 59.2 Å². The third kappa shape index (κ3) is 2.77. The molecule has 0 saturated carbocycles. The zero-order valence-electron chi connectivity index (χ0n) is 13.3. The van der Waals surface area contributed by atoms with Crippen LogP contribution < -0.4 is 5.73 Å². The van der Waals surface area contributed by atoms with Crippen molar-refractivity contribution < 1.29 is 4.79 Å². The van der Waals surface area contributed by atoms with Crippen molar-refractivity contribution in [2.45, 2.75) is 25.8 Å². The van der Waals surface area contributed by atoms with E-state index in [0.29, 0.717) is 0 Å². The minimum absolute atomic E-state index is 0.0161. The molecule has 2 aromatic carbocycles. The summed E-state index contributed by atoms with van der Waals surface area (Å²) in [5.74, 6) is -0.137. The van der Waals surface area contributed by atoms with Crippen LogP contribution in [0.1, 0.15) is 29.5 Å². The summed E-state index contributed by atoms with van der Waals surface area (Å²) >= 11 is 0. The number of likely N-dealkylation sites (tertiary alicyclic amines) is 1. The van der Waals surface area contributed by atoms with Crippen LogP contribution in [0.3, 0.4) is 0 Å². The summed E-state index contributed by atoms with van der Waals surface area (Å²) in [5, 5.41) is 0. The number of hydrogen-bond donors (Lipinski definition) is 1. The van der Waals surface area contributed by atoms with Crippen LogP contribution in [0, 0.1) is 5.92 Å². The van der Waals surface area contributed by atoms with Crippen LogP contribution in [0.4, 0.5) is 0 Å². The molecule has 0 unspecified atom stereocenters. The number of rotatable bonds is 3. The third-order valence-electron chi connectivity index (χ3n) is 5.17. The molecule has 1 fully saturated rings. The van der Waals surface area contributed by atoms with E-state index < -0.39 is 0 Å². The first kappa shape index (κ1) is 14.5. The van der Waals surface area contributed by atoms with Gasteiger partial charge in [0.05, 0.1) is 5.92 Å². The summed E-state index contributed by atoms with van der Waals surface area (Å²) in [6.45, 7) is 2.77. The molecule has 3 heteroatoms. The summed E-state index contributed by atoms with van der Waals surface area (Å²) in [5.41, 5.74) is 12.4. The molecule has 0 bridgehead atoms. The van der Waals surface area contributed by atoms with Crippen molar-refractivity contribution in [1.82, 2.24) is 4.90 Å². The smallest absolute Gasteiger partial charge is 0.221 e. The van der Waals surface area contributed by atoms with Crippen LogP contribution in [0.15, 0.2) is 42.5 Å². The van der Waals surface area contributed by atoms with Crippen molar-refractivity contribution in [2.75, 3.05) is 13.1 Å². The van der Waals surface area contributed by atoms with Crippen molar-refractivity contribution in [1.29, 1.82) is 0 Å². The Hall–Kier alpha value is -2.13. The van der Waals surface area contributed by atoms with Crippen LogP contribution in [-0.2, 0) is 17.8 Å². The van der Waals surface area contributed by atoms with Gasteiger partial charge in [0.15, 0.2) is 0 Å². The minimum Gasteiger partial charge on any atom is -0.369 e. The van der Waals surface area contributed by atoms with Crippen LogP contribution in [0.25, 0.3) is 11.1 Å². The molecule has 3 nitrogen and oxygen atoms in total. The Morgan fingerprint density at radius 2 is 1.96 bits per heavy atom. The maximum atomic E-state index is 11.4. The molecule has 2 aromatic rings. The lowest BCUT2D eigenvalue weighted by Gasteiger charge is -2.31. The second kappa shape index (κ2) is 5.82. The molecule has 4 rings (SSSR count). The molecule has 0 spiro atoms. The Morgan fingerprint density at radius 3 is 2.83 bits per heavy atom. The standard InChI is InChI=1S/C20H22N2O/c21-20(23)16-5-3-9-22(13-16)12-14-7-8-19-17(10-14)11-15-4-1-2-6-18(15)19/h1-2,4,6-8,10,16H,3,5,9,11-13H2,(H2,21,23)/t16-/m1/s1. The number of nitrogens with zero attached hydrogens (tertiary/aromatic N) is 1. The van der Waals surface area contributed by atoms with Crippen molar-refractivity contribution in [3.8, 4) is 11.1 Å². The summed E-state index contributed by atoms with van der Waals surface area (Å²) in [6.07, 6.45) is 3.03. The van der Waals surface area contributed by atoms with Gasteiger partial charge in [0.25, 0.3) is 0 Å². The molecule has 2 aliphatic rings. The Labute approximate surface area is 137 Å². The Bertz CT molecular complexity index is 753. The number of nitrogens with two attached hydrogens (primary N) is 1. The molecule has 1 aliphatic heterocycles. The van der Waals surface area contributed by atoms with Gasteiger partial charge in [-0.15, -0.1) is 0 Å². The van der Waals surface area contributed by atoms with E-state index in [9.17, 15) is 4.79 Å². The van der Waals surface area contributed by atoms with Crippen molar-refractivity contribution in [3.63, 3.8) is 0 Å². The van der Waals surface area contributed by atoms with Gasteiger partial charge >= 0.3 is 0 Å². The molecular formula is C20H22N2O. The summed E-state index contributed by atoms with van der Waals surface area (Å²) in [7, 11) is 0. The highest BCUT2D eigenvalue weighted by molar-refractivity contribution is 5.77. The highest BCUT2D eigenvalue weighted by atomic mass is 16.1. The zero-order chi connectivity index (χ0) is 15.8. The predicted molar refractivity (Wildman–Crippen MR) is 91.9 cm³/mol. The number of primary amides is 1. The highest BCUT2D eigenvalue weighted by Crippen LogP contribution is 2.36. The number of benzene rings is 2. The van der Waals surface area contributed by atoms with E-state index in [2.05, 4.69) is 47.4 Å². The Morgan fingerprint density at radius 1 is 1.13 bits per heavy atom. The summed E-state index contributed by atoms with van der Waals surface area (Å²) in [4.78, 5) is 13.8. The molecule has 1 amide bonds. The van der Waals surface area contributed by atoms with E-state index in [1.54, 1.807) is 0 Å². The molecule has 1 saturated heterocycles. The normalized spacial score (nSPS) is 20.1. The van der Waals surface area contributed by atoms with Gasteiger partial charge in [0.1, 0.15) is 0 Å². The van der Waals surface area contributed by atoms with E-state index >= 15 is 0 Å². The summed E-state index contributed by atoms with van der Waals surface area (Å²) < 4.78 is 0. The molecule has 2 N–H and O–H groups in total. The monoisotopic (exact) mass is 306 g/mol. The second-order valence-corrected chi connectivity index (χ2v) is 6.80. The first-order chi connectivity index (χ1) is 11.2. The fraction of sp³-hybridized carbons (Fsp3) is 0.350. The number of carbonyl (C=O) groups is 1. The molecule has 23 heavy (non-hydrogen) atoms. The first-order valence-electron chi connectivity index (χ1n) is 8.42. The van der Waals surface area contributed by atoms with Crippen LogP contribution in [0.5, 0.6) is 0 Å². The average molecular weight is 306 g/mol. The quantitative estimate of drug-likeness (QED) is 0.808. The van der Waals surface area contributed by atoms with Gasteiger partial charge < -0.3 is 5.73 Å². The SMILES string of the molecule is NC(=O)[C@@H]1CCCN(Cc2ccc3c(c2)Cc2ccccc2-3)C1. The number of piperidine rings is 1. The van der Waals surface area contributed by atoms with Crippen molar-refractivity contribution >= 4 is 5.91 Å². The van der Waals surface area contributed by atoms with E-state index in [1.807, 2.05) is 0 Å². The molecule has 0 radical (unpaired) electrons. The molecule has 1 heterocycles. The summed E-state index contributed by atoms with van der Waals surface area (Å²) in [6, 6.07) is 15.5. The topological polar surface area (TPSA) is 46.3 Å². The number of carbonyl (C=O) groups excluding carboxylic acids is 1. The lowest BCUT2D eigenvalue weighted by molar-refractivity contribution is -0.123. The second-order valence-electron chi connectivity index (χ2n) is 6.80. The van der Waals surface area contributed by atoms with E-state index in [0.717, 1.165) is 38.9 Å². The van der Waals surface area contributed by atoms with Gasteiger partial charge in [0, 0.05) is 13.1 Å². The lowest BCUT2D eigenvalue weighted by Crippen LogP contribution is -2.40. The zero-order valence-corrected chi connectivity index (χ0v) is 13.3. The van der Waals surface area contributed by atoms with E-state index in [-0.39, 0.29) is 11.8 Å². The van der Waals surface area contributed by atoms with Crippen LogP contribution >= 0.6 is 0 Å². The van der Waals surface area contributed by atoms with Gasteiger partial charge in [-0.2, -0.15) is 0 Å². The fourth-order valence-electron chi connectivity index (χ4n) is 3.99. The number of fused-ring (bicyclic) bond motifs is 3. The largest absolute Gasteiger partial charge is 0.369 e. The predicted octanol–water partition coefficient (Wildman–Crippen LogP) is 2.96. The van der Waals surface area contributed by atoms with Gasteiger partial charge in [0.2, 0.25) is 5.91 Å². The number of hydrogen-bond acceptors (Lipinski definition) is 2. The minimum atomic E-state index is -0.154. The third-order valence-corrected chi connectivity index (χ3v) is 5.17. The Kier molecular flexibility index (Phi) is 3.66. The van der Waals surface area contributed by atoms with Gasteiger partial charge in [-0.3, -0.25) is 9.69 Å². The van der Waals surface area contributed by atoms with Crippen LogP contribution in [0.2, 0.25) is 0 Å². The molecule has 118 valence electrons.